The molecule has 8 heteroatoms. The summed E-state index contributed by atoms with van der Waals surface area (Å²) in [5.41, 5.74) is 1.95. The van der Waals surface area contributed by atoms with Crippen molar-refractivity contribution in [3.63, 3.8) is 0 Å². The highest BCUT2D eigenvalue weighted by atomic mass is 32.2. The predicted octanol–water partition coefficient (Wildman–Crippen LogP) is 4.16. The lowest BCUT2D eigenvalue weighted by Gasteiger charge is -2.22. The molecule has 168 valence electrons. The van der Waals surface area contributed by atoms with E-state index in [1.807, 2.05) is 12.1 Å². The normalized spacial score (nSPS) is 16.9. The van der Waals surface area contributed by atoms with Crippen LogP contribution in [-0.2, 0) is 19.6 Å². The number of benzene rings is 2. The fourth-order valence-electron chi connectivity index (χ4n) is 3.88. The first-order valence-corrected chi connectivity index (χ1v) is 12.1. The molecule has 0 aromatic heterocycles. The number of sulfonamides is 1. The van der Waals surface area contributed by atoms with Crippen molar-refractivity contribution in [3.8, 4) is 0 Å². The van der Waals surface area contributed by atoms with Gasteiger partial charge in [-0.2, -0.15) is 0 Å². The standard InChI is InChI=1S/C23H29FN2O4S/c1-3-30-22(27)12-6-4-5-9-15-25-23-18-10-7-8-11-20(18)26(2)31(28,29)21-16-17(24)13-14-19(21)23/h7-8,10-11,13-14,16,23,25H,3-6,9,12,15H2,1-2H3. The molecule has 0 aliphatic carbocycles. The number of anilines is 1. The molecule has 1 aliphatic rings. The van der Waals surface area contributed by atoms with Gasteiger partial charge in [-0.1, -0.05) is 37.1 Å². The van der Waals surface area contributed by atoms with Gasteiger partial charge in [0.05, 0.1) is 23.2 Å². The van der Waals surface area contributed by atoms with Gasteiger partial charge in [-0.25, -0.2) is 12.8 Å². The Hall–Kier alpha value is -2.45. The van der Waals surface area contributed by atoms with E-state index in [0.717, 1.165) is 37.3 Å². The van der Waals surface area contributed by atoms with Gasteiger partial charge in [-0.15, -0.1) is 0 Å². The predicted molar refractivity (Wildman–Crippen MR) is 118 cm³/mol. The number of fused-ring (bicyclic) bond motifs is 2. The van der Waals surface area contributed by atoms with Crippen molar-refractivity contribution in [1.29, 1.82) is 0 Å². The Labute approximate surface area is 183 Å². The molecule has 1 unspecified atom stereocenters. The van der Waals surface area contributed by atoms with Crippen molar-refractivity contribution < 1.29 is 22.3 Å². The third-order valence-corrected chi connectivity index (χ3v) is 7.30. The van der Waals surface area contributed by atoms with Gasteiger partial charge in [-0.3, -0.25) is 9.10 Å². The van der Waals surface area contributed by atoms with E-state index in [0.29, 0.717) is 30.8 Å². The second-order valence-electron chi connectivity index (χ2n) is 7.57. The Balaban J connectivity index is 1.73. The topological polar surface area (TPSA) is 75.7 Å². The maximum absolute atomic E-state index is 13.9. The number of rotatable bonds is 9. The highest BCUT2D eigenvalue weighted by molar-refractivity contribution is 7.92. The van der Waals surface area contributed by atoms with Crippen LogP contribution in [0.15, 0.2) is 47.4 Å². The Morgan fingerprint density at radius 3 is 2.61 bits per heavy atom. The van der Waals surface area contributed by atoms with E-state index in [1.54, 1.807) is 25.1 Å². The highest BCUT2D eigenvalue weighted by Gasteiger charge is 2.34. The molecule has 1 aliphatic heterocycles. The number of halogens is 1. The SMILES string of the molecule is CCOC(=O)CCCCCCNC1c2ccccc2N(C)S(=O)(=O)c2cc(F)ccc21. The number of hydrogen-bond donors (Lipinski definition) is 1. The molecule has 2 aromatic rings. The van der Waals surface area contributed by atoms with Gasteiger partial charge >= 0.3 is 5.97 Å². The molecular weight excluding hydrogens is 419 g/mol. The number of carbonyl (C=O) groups excluding carboxylic acids is 1. The maximum Gasteiger partial charge on any atom is 0.305 e. The number of para-hydroxylation sites is 1. The van der Waals surface area contributed by atoms with Gasteiger partial charge in [0, 0.05) is 13.5 Å². The lowest BCUT2D eigenvalue weighted by molar-refractivity contribution is -0.143. The summed E-state index contributed by atoms with van der Waals surface area (Å²) in [5.74, 6) is -0.744. The smallest absolute Gasteiger partial charge is 0.305 e. The fourth-order valence-corrected chi connectivity index (χ4v) is 5.35. The van der Waals surface area contributed by atoms with Crippen LogP contribution < -0.4 is 9.62 Å². The quantitative estimate of drug-likeness (QED) is 0.461. The second kappa shape index (κ2) is 10.2. The number of unbranched alkanes of at least 4 members (excludes halogenated alkanes) is 3. The van der Waals surface area contributed by atoms with E-state index in [4.69, 9.17) is 4.74 Å². The highest BCUT2D eigenvalue weighted by Crippen LogP contribution is 2.40. The van der Waals surface area contributed by atoms with E-state index < -0.39 is 15.8 Å². The fraction of sp³-hybridized carbons (Fsp3) is 0.435. The molecule has 31 heavy (non-hydrogen) atoms. The van der Waals surface area contributed by atoms with Crippen LogP contribution in [0, 0.1) is 5.82 Å². The first kappa shape index (κ1) is 23.2. The van der Waals surface area contributed by atoms with Crippen molar-refractivity contribution in [1.82, 2.24) is 5.32 Å². The van der Waals surface area contributed by atoms with Gasteiger partial charge in [0.1, 0.15) is 5.82 Å². The van der Waals surface area contributed by atoms with E-state index in [1.165, 1.54) is 17.4 Å². The number of ether oxygens (including phenoxy) is 1. The minimum absolute atomic E-state index is 0.0156. The summed E-state index contributed by atoms with van der Waals surface area (Å²) in [6.07, 6.45) is 3.95. The lowest BCUT2D eigenvalue weighted by Crippen LogP contribution is -2.26. The van der Waals surface area contributed by atoms with E-state index in [-0.39, 0.29) is 16.9 Å². The van der Waals surface area contributed by atoms with Crippen LogP contribution in [0.3, 0.4) is 0 Å². The van der Waals surface area contributed by atoms with Crippen molar-refractivity contribution in [2.75, 3.05) is 24.5 Å². The van der Waals surface area contributed by atoms with Crippen LogP contribution in [0.2, 0.25) is 0 Å². The van der Waals surface area contributed by atoms with Crippen LogP contribution in [-0.4, -0.2) is 34.6 Å². The summed E-state index contributed by atoms with van der Waals surface area (Å²) >= 11 is 0. The van der Waals surface area contributed by atoms with Crippen molar-refractivity contribution in [3.05, 3.63) is 59.4 Å². The Morgan fingerprint density at radius 1 is 1.10 bits per heavy atom. The molecule has 0 saturated heterocycles. The molecule has 6 nitrogen and oxygen atoms in total. The summed E-state index contributed by atoms with van der Waals surface area (Å²) in [6.45, 7) is 2.87. The van der Waals surface area contributed by atoms with Crippen molar-refractivity contribution in [2.24, 2.45) is 0 Å². The number of nitrogens with one attached hydrogen (secondary N) is 1. The zero-order valence-corrected chi connectivity index (χ0v) is 18.8. The summed E-state index contributed by atoms with van der Waals surface area (Å²) in [4.78, 5) is 11.4. The molecule has 0 saturated carbocycles. The number of esters is 1. The minimum Gasteiger partial charge on any atom is -0.466 e. The first-order chi connectivity index (χ1) is 14.9. The van der Waals surface area contributed by atoms with E-state index in [2.05, 4.69) is 5.32 Å². The average Bonchev–Trinajstić information content (AvgIpc) is 2.81. The summed E-state index contributed by atoms with van der Waals surface area (Å²) in [7, 11) is -2.38. The van der Waals surface area contributed by atoms with Gasteiger partial charge in [0.2, 0.25) is 0 Å². The number of hydrogen-bond acceptors (Lipinski definition) is 5. The van der Waals surface area contributed by atoms with Gasteiger partial charge in [0.15, 0.2) is 0 Å². The number of nitrogens with zero attached hydrogens (tertiary/aromatic N) is 1. The average molecular weight is 449 g/mol. The van der Waals surface area contributed by atoms with Crippen LogP contribution in [0.25, 0.3) is 0 Å². The third-order valence-electron chi connectivity index (χ3n) is 5.47. The molecule has 0 radical (unpaired) electrons. The first-order valence-electron chi connectivity index (χ1n) is 10.6. The van der Waals surface area contributed by atoms with E-state index >= 15 is 0 Å². The zero-order chi connectivity index (χ0) is 22.4. The largest absolute Gasteiger partial charge is 0.466 e. The third kappa shape index (κ3) is 5.25. The van der Waals surface area contributed by atoms with E-state index in [9.17, 15) is 17.6 Å². The molecule has 1 heterocycles. The molecule has 1 atom stereocenters. The van der Waals surface area contributed by atoms with Gasteiger partial charge < -0.3 is 10.1 Å². The number of carbonyl (C=O) groups is 1. The van der Waals surface area contributed by atoms with Gasteiger partial charge in [0.25, 0.3) is 10.0 Å². The molecule has 0 amide bonds. The molecule has 0 spiro atoms. The molecule has 3 rings (SSSR count). The molecule has 2 aromatic carbocycles. The molecular formula is C23H29FN2O4S. The van der Waals surface area contributed by atoms with Crippen molar-refractivity contribution >= 4 is 21.7 Å². The van der Waals surface area contributed by atoms with Crippen LogP contribution in [0.5, 0.6) is 0 Å². The Morgan fingerprint density at radius 2 is 1.84 bits per heavy atom. The van der Waals surface area contributed by atoms with Crippen LogP contribution >= 0.6 is 0 Å². The lowest BCUT2D eigenvalue weighted by atomic mass is 9.96. The van der Waals surface area contributed by atoms with Crippen molar-refractivity contribution in [2.45, 2.75) is 50.0 Å². The Kier molecular flexibility index (Phi) is 7.67. The second-order valence-corrected chi connectivity index (χ2v) is 9.51. The molecule has 0 bridgehead atoms. The molecule has 0 fully saturated rings. The zero-order valence-electron chi connectivity index (χ0n) is 17.9. The van der Waals surface area contributed by atoms with Crippen LogP contribution in [0.1, 0.15) is 56.2 Å². The summed E-state index contributed by atoms with van der Waals surface area (Å²) in [6, 6.07) is 10.9. The van der Waals surface area contributed by atoms with Crippen LogP contribution in [0.4, 0.5) is 10.1 Å². The Bertz CT molecular complexity index is 1030. The summed E-state index contributed by atoms with van der Waals surface area (Å²) < 4.78 is 46.4. The molecule has 1 N–H and O–H groups in total. The van der Waals surface area contributed by atoms with Gasteiger partial charge in [-0.05, 0) is 55.6 Å². The maximum atomic E-state index is 13.9. The monoisotopic (exact) mass is 448 g/mol. The summed E-state index contributed by atoms with van der Waals surface area (Å²) in [5, 5.41) is 3.47. The minimum atomic E-state index is -3.87.